The zero-order valence-corrected chi connectivity index (χ0v) is 16.6. The molecule has 2 saturated carbocycles. The highest BCUT2D eigenvalue weighted by molar-refractivity contribution is 5.78. The van der Waals surface area contributed by atoms with Gasteiger partial charge in [-0.3, -0.25) is 9.59 Å². The molecular formula is C22H28O6. The predicted molar refractivity (Wildman–Crippen MR) is 98.2 cm³/mol. The van der Waals surface area contributed by atoms with E-state index >= 15 is 0 Å². The van der Waals surface area contributed by atoms with Gasteiger partial charge in [0.15, 0.2) is 0 Å². The van der Waals surface area contributed by atoms with E-state index in [0.29, 0.717) is 19.6 Å². The summed E-state index contributed by atoms with van der Waals surface area (Å²) in [7, 11) is 0. The molecule has 3 heterocycles. The highest BCUT2D eigenvalue weighted by atomic mass is 16.6. The molecule has 1 aromatic heterocycles. The summed E-state index contributed by atoms with van der Waals surface area (Å²) in [5.41, 5.74) is 0.125. The van der Waals surface area contributed by atoms with Crippen LogP contribution in [0.4, 0.5) is 0 Å². The van der Waals surface area contributed by atoms with Crippen molar-refractivity contribution in [2.75, 3.05) is 13.2 Å². The number of epoxide rings is 1. The van der Waals surface area contributed by atoms with E-state index in [1.165, 1.54) is 12.5 Å². The number of esters is 2. The normalized spacial score (nSPS) is 43.9. The Bertz CT molecular complexity index is 781. The maximum atomic E-state index is 12.8. The molecule has 2 aliphatic heterocycles. The van der Waals surface area contributed by atoms with Gasteiger partial charge >= 0.3 is 11.9 Å². The lowest BCUT2D eigenvalue weighted by Crippen LogP contribution is -2.68. The van der Waals surface area contributed by atoms with Gasteiger partial charge in [-0.15, -0.1) is 0 Å². The lowest BCUT2D eigenvalue weighted by Gasteiger charge is -2.63. The molecule has 28 heavy (non-hydrogen) atoms. The van der Waals surface area contributed by atoms with E-state index in [9.17, 15) is 9.59 Å². The Kier molecular flexibility index (Phi) is 3.96. The smallest absolute Gasteiger partial charge is 0.312 e. The minimum absolute atomic E-state index is 0.0110. The van der Waals surface area contributed by atoms with Crippen molar-refractivity contribution in [3.05, 3.63) is 24.2 Å². The molecule has 2 aliphatic carbocycles. The molecule has 2 saturated heterocycles. The van der Waals surface area contributed by atoms with Gasteiger partial charge in [-0.2, -0.15) is 0 Å². The number of furan rings is 1. The van der Waals surface area contributed by atoms with Crippen LogP contribution in [-0.2, 0) is 30.2 Å². The highest BCUT2D eigenvalue weighted by Crippen LogP contribution is 2.68. The minimum atomic E-state index is -0.596. The van der Waals surface area contributed by atoms with Crippen molar-refractivity contribution in [3.63, 3.8) is 0 Å². The van der Waals surface area contributed by atoms with Crippen LogP contribution in [0.1, 0.15) is 51.5 Å². The summed E-state index contributed by atoms with van der Waals surface area (Å²) in [5, 5.41) is 0. The van der Waals surface area contributed by atoms with E-state index in [1.807, 2.05) is 13.0 Å². The largest absolute Gasteiger partial charge is 0.472 e. The molecule has 1 spiro atoms. The van der Waals surface area contributed by atoms with E-state index in [0.717, 1.165) is 32.1 Å². The number of rotatable bonds is 4. The second-order valence-electron chi connectivity index (χ2n) is 9.49. The van der Waals surface area contributed by atoms with Crippen LogP contribution in [0, 0.1) is 22.7 Å². The van der Waals surface area contributed by atoms with Crippen molar-refractivity contribution in [2.24, 2.45) is 22.7 Å². The summed E-state index contributed by atoms with van der Waals surface area (Å²) in [4.78, 5) is 24.7. The molecule has 6 atom stereocenters. The second kappa shape index (κ2) is 6.09. The lowest BCUT2D eigenvalue weighted by atomic mass is 9.43. The molecule has 6 heteroatoms. The Balaban J connectivity index is 1.55. The number of ether oxygens (including phenoxy) is 3. The molecule has 0 N–H and O–H groups in total. The van der Waals surface area contributed by atoms with Gasteiger partial charge in [0.2, 0.25) is 0 Å². The Morgan fingerprint density at radius 2 is 2.14 bits per heavy atom. The van der Waals surface area contributed by atoms with Gasteiger partial charge in [-0.05, 0) is 50.2 Å². The fourth-order valence-electron chi connectivity index (χ4n) is 6.91. The maximum Gasteiger partial charge on any atom is 0.312 e. The van der Waals surface area contributed by atoms with Crippen molar-refractivity contribution < 1.29 is 28.2 Å². The quantitative estimate of drug-likeness (QED) is 0.582. The topological polar surface area (TPSA) is 78.3 Å². The standard InChI is InChI=1S/C22H28O6/c1-14(23)28-16-10-22(13-27-22)17(5-4-15-6-9-25-11-15)21-8-3-7-20(2,18(16)21)19(24)26-12-21/h6,9,11,16-18H,3-5,7-8,10,12-13H2,1-2H3/t16-,17+,18+,20-,21+,22-/m1/s1. The number of carbonyl (C=O) groups excluding carboxylic acids is 2. The number of carbonyl (C=O) groups is 2. The van der Waals surface area contributed by atoms with Gasteiger partial charge in [-0.25, -0.2) is 0 Å². The van der Waals surface area contributed by atoms with Crippen molar-refractivity contribution >= 4 is 11.9 Å². The zero-order chi connectivity index (χ0) is 19.6. The molecular weight excluding hydrogens is 360 g/mol. The zero-order valence-electron chi connectivity index (χ0n) is 16.6. The van der Waals surface area contributed by atoms with Crippen LogP contribution in [0.25, 0.3) is 0 Å². The summed E-state index contributed by atoms with van der Waals surface area (Å²) in [5.74, 6) is -0.151. The van der Waals surface area contributed by atoms with E-state index < -0.39 is 5.41 Å². The number of hydrogen-bond donors (Lipinski definition) is 0. The van der Waals surface area contributed by atoms with Crippen LogP contribution in [0.3, 0.4) is 0 Å². The first kappa shape index (κ1) is 18.2. The summed E-state index contributed by atoms with van der Waals surface area (Å²) in [6.07, 6.45) is 8.52. The summed E-state index contributed by atoms with van der Waals surface area (Å²) in [6.45, 7) is 4.57. The fraction of sp³-hybridized carbons (Fsp3) is 0.727. The molecule has 4 aliphatic rings. The average molecular weight is 388 g/mol. The first-order valence-electron chi connectivity index (χ1n) is 10.4. The third kappa shape index (κ3) is 2.49. The average Bonchev–Trinajstić information content (AvgIpc) is 3.19. The first-order valence-corrected chi connectivity index (χ1v) is 10.4. The van der Waals surface area contributed by atoms with E-state index in [-0.39, 0.29) is 40.9 Å². The molecule has 1 aromatic rings. The molecule has 0 unspecified atom stereocenters. The van der Waals surface area contributed by atoms with Crippen molar-refractivity contribution in [3.8, 4) is 0 Å². The molecule has 4 fully saturated rings. The predicted octanol–water partition coefficient (Wildman–Crippen LogP) is 3.28. The van der Waals surface area contributed by atoms with Crippen LogP contribution in [0.15, 0.2) is 23.0 Å². The fourth-order valence-corrected chi connectivity index (χ4v) is 6.91. The Morgan fingerprint density at radius 1 is 1.32 bits per heavy atom. The molecule has 0 amide bonds. The van der Waals surface area contributed by atoms with Gasteiger partial charge in [0.25, 0.3) is 0 Å². The molecule has 0 radical (unpaired) electrons. The van der Waals surface area contributed by atoms with Crippen molar-refractivity contribution in [2.45, 2.75) is 64.1 Å². The lowest BCUT2D eigenvalue weighted by molar-refractivity contribution is -0.247. The van der Waals surface area contributed by atoms with Crippen LogP contribution < -0.4 is 0 Å². The molecule has 152 valence electrons. The van der Waals surface area contributed by atoms with Gasteiger partial charge in [0.1, 0.15) is 6.10 Å². The van der Waals surface area contributed by atoms with Crippen molar-refractivity contribution in [1.29, 1.82) is 0 Å². The van der Waals surface area contributed by atoms with Crippen LogP contribution in [-0.4, -0.2) is 36.9 Å². The SMILES string of the molecule is CC(=O)O[C@@H]1C[C@@]2(CO2)[C@@H](CCc2ccoc2)[C@]23CCC[C@@](C)(C(=O)OC2)[C@H]13. The molecule has 6 nitrogen and oxygen atoms in total. The molecule has 0 aromatic carbocycles. The van der Waals surface area contributed by atoms with Crippen molar-refractivity contribution in [1.82, 2.24) is 0 Å². The van der Waals surface area contributed by atoms with E-state index in [4.69, 9.17) is 18.6 Å². The summed E-state index contributed by atoms with van der Waals surface area (Å²) < 4.78 is 22.9. The number of cyclic esters (lactones) is 1. The monoisotopic (exact) mass is 388 g/mol. The van der Waals surface area contributed by atoms with E-state index in [2.05, 4.69) is 0 Å². The molecule has 2 bridgehead atoms. The van der Waals surface area contributed by atoms with Gasteiger partial charge in [0, 0.05) is 24.7 Å². The second-order valence-corrected chi connectivity index (χ2v) is 9.49. The van der Waals surface area contributed by atoms with Gasteiger partial charge in [0.05, 0.1) is 36.8 Å². The highest BCUT2D eigenvalue weighted by Gasteiger charge is 2.74. The summed E-state index contributed by atoms with van der Waals surface area (Å²) >= 11 is 0. The van der Waals surface area contributed by atoms with E-state index in [1.54, 1.807) is 12.5 Å². The Hall–Kier alpha value is -1.82. The maximum absolute atomic E-state index is 12.8. The van der Waals surface area contributed by atoms with Gasteiger partial charge in [-0.1, -0.05) is 6.42 Å². The van der Waals surface area contributed by atoms with Crippen LogP contribution in [0.5, 0.6) is 0 Å². The Morgan fingerprint density at radius 3 is 2.82 bits per heavy atom. The third-order valence-electron chi connectivity index (χ3n) is 7.96. The van der Waals surface area contributed by atoms with Crippen LogP contribution >= 0.6 is 0 Å². The van der Waals surface area contributed by atoms with Gasteiger partial charge < -0.3 is 18.6 Å². The summed E-state index contributed by atoms with van der Waals surface area (Å²) in [6, 6.07) is 2.01. The number of hydrogen-bond acceptors (Lipinski definition) is 6. The number of aryl methyl sites for hydroxylation is 1. The molecule has 5 rings (SSSR count). The Labute approximate surface area is 164 Å². The third-order valence-corrected chi connectivity index (χ3v) is 7.96. The first-order chi connectivity index (χ1) is 13.4. The van der Waals surface area contributed by atoms with Crippen LogP contribution in [0.2, 0.25) is 0 Å². The minimum Gasteiger partial charge on any atom is -0.472 e.